The van der Waals surface area contributed by atoms with Gasteiger partial charge in [-0.05, 0) is 46.3 Å². The molecule has 2 unspecified atom stereocenters. The van der Waals surface area contributed by atoms with Gasteiger partial charge in [0.2, 0.25) is 5.91 Å². The fourth-order valence-corrected chi connectivity index (χ4v) is 5.88. The summed E-state index contributed by atoms with van der Waals surface area (Å²) in [6.45, 7) is 4.99. The molecule has 0 bridgehead atoms. The molecule has 0 aliphatic rings. The normalized spacial score (nSPS) is 12.8. The van der Waals surface area contributed by atoms with E-state index in [0.717, 1.165) is 32.2 Å². The molecule has 0 aliphatic carbocycles. The molecule has 0 aromatic carbocycles. The molecule has 0 radical (unpaired) electrons. The Hall–Kier alpha value is -1.17. The number of Topliss-reactive ketones (excluding diaryl/α,β-unsaturated/α-hetero) is 1. The van der Waals surface area contributed by atoms with E-state index in [1.54, 1.807) is 0 Å². The van der Waals surface area contributed by atoms with Crippen LogP contribution in [0.2, 0.25) is 0 Å². The Labute approximate surface area is 246 Å². The molecule has 234 valence electrons. The van der Waals surface area contributed by atoms with E-state index in [9.17, 15) is 24.1 Å². The number of carbonyl (C=O) groups excluding carboxylic acids is 4. The van der Waals surface area contributed by atoms with Gasteiger partial charge in [-0.15, -0.1) is 0 Å². The number of rotatable bonds is 29. The zero-order valence-corrected chi connectivity index (χ0v) is 27.2. The number of ketones is 1. The summed E-state index contributed by atoms with van der Waals surface area (Å²) in [7, 11) is 1.50. The van der Waals surface area contributed by atoms with Crippen LogP contribution in [0, 0.1) is 0 Å². The second-order valence-electron chi connectivity index (χ2n) is 11.7. The van der Waals surface area contributed by atoms with E-state index in [-0.39, 0.29) is 31.0 Å². The maximum atomic E-state index is 12.6. The Bertz CT molecular complexity index is 686. The molecule has 0 saturated carbocycles. The third kappa shape index (κ3) is 23.5. The van der Waals surface area contributed by atoms with Crippen LogP contribution in [0.5, 0.6) is 0 Å². The summed E-state index contributed by atoms with van der Waals surface area (Å²) in [6.07, 6.45) is 20.5. The molecule has 40 heavy (non-hydrogen) atoms. The van der Waals surface area contributed by atoms with Crippen molar-refractivity contribution in [3.05, 3.63) is 0 Å². The van der Waals surface area contributed by atoms with Crippen molar-refractivity contribution in [2.24, 2.45) is 0 Å². The monoisotopic (exact) mass is 584 g/mol. The number of amides is 1. The summed E-state index contributed by atoms with van der Waals surface area (Å²) >= 11 is 0. The maximum absolute atomic E-state index is 12.6. The number of carbonyl (C=O) groups is 4. The van der Waals surface area contributed by atoms with Gasteiger partial charge in [0.25, 0.3) is 0 Å². The van der Waals surface area contributed by atoms with E-state index < -0.39 is 25.2 Å². The van der Waals surface area contributed by atoms with Crippen LogP contribution in [-0.2, 0) is 19.2 Å². The topological polar surface area (TPSA) is 104 Å². The van der Waals surface area contributed by atoms with Crippen molar-refractivity contribution in [2.75, 3.05) is 20.6 Å². The van der Waals surface area contributed by atoms with Crippen LogP contribution >= 0.6 is 8.15 Å². The summed E-state index contributed by atoms with van der Waals surface area (Å²) in [6, 6.07) is -0.663. The summed E-state index contributed by atoms with van der Waals surface area (Å²) in [5.41, 5.74) is -0.982. The van der Waals surface area contributed by atoms with Gasteiger partial charge in [-0.1, -0.05) is 97.3 Å². The fourth-order valence-electron chi connectivity index (χ4n) is 4.84. The molecular formula is C32H61N2O5P. The molecule has 1 amide bonds. The van der Waals surface area contributed by atoms with Crippen LogP contribution < -0.4 is 5.32 Å². The summed E-state index contributed by atoms with van der Waals surface area (Å²) in [5, 5.41) is 2.79. The maximum Gasteiger partial charge on any atom is 0.220 e. The average molecular weight is 585 g/mol. The van der Waals surface area contributed by atoms with Gasteiger partial charge in [0.05, 0.1) is 0 Å². The van der Waals surface area contributed by atoms with Gasteiger partial charge in [-0.25, -0.2) is 0 Å². The highest BCUT2D eigenvalue weighted by atomic mass is 31.1. The number of hydrogen-bond acceptors (Lipinski definition) is 6. The van der Waals surface area contributed by atoms with E-state index in [4.69, 9.17) is 0 Å². The molecule has 0 fully saturated rings. The first-order valence-electron chi connectivity index (χ1n) is 16.2. The molecule has 0 rings (SSSR count). The molecule has 0 aromatic heterocycles. The lowest BCUT2D eigenvalue weighted by Crippen LogP contribution is -2.38. The largest absolute Gasteiger partial charge is 0.360 e. The molecule has 2 N–H and O–H groups in total. The van der Waals surface area contributed by atoms with Gasteiger partial charge in [-0.2, -0.15) is 0 Å². The molecule has 8 heteroatoms. The highest BCUT2D eigenvalue weighted by Gasteiger charge is 2.28. The van der Waals surface area contributed by atoms with E-state index >= 15 is 0 Å². The second kappa shape index (κ2) is 26.7. The fraction of sp³-hybridized carbons (Fsp3) is 0.875. The SMILES string of the molecule is CCCCCCCCCCCCCCCCC(=O)CC(CC(=O)P(O)C(=O)CCCCN(C)C)NC(=O)CCC. The standard InChI is InChI=1S/C32H61N2O5P/c1-5-7-8-9-10-11-12-13-14-15-16-17-18-19-23-29(35)26-28(33-30(36)22-6-2)27-32(38)40(39)31(37)24-20-21-25-34(3)4/h28,39H,5-27H2,1-4H3,(H,33,36). The Morgan fingerprint density at radius 2 is 1.12 bits per heavy atom. The van der Waals surface area contributed by atoms with Gasteiger partial charge >= 0.3 is 0 Å². The van der Waals surface area contributed by atoms with Crippen molar-refractivity contribution in [1.29, 1.82) is 0 Å². The summed E-state index contributed by atoms with van der Waals surface area (Å²) < 4.78 is 0. The Morgan fingerprint density at radius 1 is 0.625 bits per heavy atom. The molecule has 0 heterocycles. The van der Waals surface area contributed by atoms with Crippen molar-refractivity contribution in [3.63, 3.8) is 0 Å². The molecular weight excluding hydrogens is 523 g/mol. The van der Waals surface area contributed by atoms with Crippen LogP contribution in [-0.4, -0.2) is 59.2 Å². The van der Waals surface area contributed by atoms with Crippen molar-refractivity contribution < 1.29 is 24.1 Å². The predicted molar refractivity (Wildman–Crippen MR) is 168 cm³/mol. The van der Waals surface area contributed by atoms with Crippen molar-refractivity contribution in [1.82, 2.24) is 10.2 Å². The highest BCUT2D eigenvalue weighted by molar-refractivity contribution is 7.84. The van der Waals surface area contributed by atoms with Gasteiger partial charge in [0, 0.05) is 38.1 Å². The second-order valence-corrected chi connectivity index (χ2v) is 13.3. The third-order valence-corrected chi connectivity index (χ3v) is 8.62. The van der Waals surface area contributed by atoms with E-state index in [2.05, 4.69) is 12.2 Å². The predicted octanol–water partition coefficient (Wildman–Crippen LogP) is 7.67. The third-order valence-electron chi connectivity index (χ3n) is 7.26. The minimum Gasteiger partial charge on any atom is -0.360 e. The van der Waals surface area contributed by atoms with Gasteiger partial charge in [0.15, 0.2) is 19.2 Å². The molecule has 0 aromatic rings. The summed E-state index contributed by atoms with van der Waals surface area (Å²) in [4.78, 5) is 62.1. The minimum atomic E-state index is -2.41. The van der Waals surface area contributed by atoms with Crippen LogP contribution in [0.1, 0.15) is 155 Å². The zero-order chi connectivity index (χ0) is 30.0. The molecule has 0 saturated heterocycles. The Balaban J connectivity index is 4.26. The van der Waals surface area contributed by atoms with E-state index in [1.807, 2.05) is 25.9 Å². The molecule has 2 atom stereocenters. The summed E-state index contributed by atoms with van der Waals surface area (Å²) in [5.74, 6) is -0.187. The first-order chi connectivity index (χ1) is 19.2. The lowest BCUT2D eigenvalue weighted by atomic mass is 10.0. The van der Waals surface area contributed by atoms with Crippen LogP contribution in [0.15, 0.2) is 0 Å². The van der Waals surface area contributed by atoms with Gasteiger partial charge < -0.3 is 15.1 Å². The van der Waals surface area contributed by atoms with Crippen molar-refractivity contribution >= 4 is 30.9 Å². The van der Waals surface area contributed by atoms with Crippen molar-refractivity contribution in [2.45, 2.75) is 161 Å². The van der Waals surface area contributed by atoms with Crippen LogP contribution in [0.4, 0.5) is 0 Å². The average Bonchev–Trinajstić information content (AvgIpc) is 2.90. The number of nitrogens with one attached hydrogen (secondary N) is 1. The van der Waals surface area contributed by atoms with Crippen molar-refractivity contribution in [3.8, 4) is 0 Å². The quantitative estimate of drug-likeness (QED) is 0.0691. The van der Waals surface area contributed by atoms with Gasteiger partial charge in [-0.3, -0.25) is 19.2 Å². The smallest absolute Gasteiger partial charge is 0.220 e. The van der Waals surface area contributed by atoms with Gasteiger partial charge in [0.1, 0.15) is 5.78 Å². The van der Waals surface area contributed by atoms with Crippen LogP contribution in [0.25, 0.3) is 0 Å². The minimum absolute atomic E-state index is 0.0193. The lowest BCUT2D eigenvalue weighted by molar-refractivity contribution is -0.123. The van der Waals surface area contributed by atoms with E-state index in [0.29, 0.717) is 25.7 Å². The Morgan fingerprint density at radius 3 is 1.62 bits per heavy atom. The number of nitrogens with zero attached hydrogens (tertiary/aromatic N) is 1. The highest BCUT2D eigenvalue weighted by Crippen LogP contribution is 2.36. The lowest BCUT2D eigenvalue weighted by Gasteiger charge is -2.19. The molecule has 0 aliphatic heterocycles. The van der Waals surface area contributed by atoms with E-state index in [1.165, 1.54) is 70.6 Å². The number of unbranched alkanes of at least 4 members (excludes halogenated alkanes) is 14. The number of hydrogen-bond donors (Lipinski definition) is 2. The molecule has 0 spiro atoms. The molecule has 7 nitrogen and oxygen atoms in total. The zero-order valence-electron chi connectivity index (χ0n) is 26.3. The Kier molecular flexibility index (Phi) is 25.9. The first-order valence-corrected chi connectivity index (χ1v) is 17.5. The first kappa shape index (κ1) is 38.8. The van der Waals surface area contributed by atoms with Crippen LogP contribution in [0.3, 0.4) is 0 Å².